The van der Waals surface area contributed by atoms with Crippen molar-refractivity contribution in [1.82, 2.24) is 0 Å². The predicted molar refractivity (Wildman–Crippen MR) is 76.4 cm³/mol. The summed E-state index contributed by atoms with van der Waals surface area (Å²) in [5.41, 5.74) is 2.09. The van der Waals surface area contributed by atoms with Gasteiger partial charge in [0, 0.05) is 16.1 Å². The van der Waals surface area contributed by atoms with Crippen LogP contribution in [0.1, 0.15) is 31.2 Å². The maximum atomic E-state index is 12.2. The summed E-state index contributed by atoms with van der Waals surface area (Å²) >= 11 is 3.50. The lowest BCUT2D eigenvalue weighted by molar-refractivity contribution is -0.117. The van der Waals surface area contributed by atoms with Crippen LogP contribution in [-0.2, 0) is 4.79 Å². The number of anilines is 1. The second-order valence-electron chi connectivity index (χ2n) is 5.59. The summed E-state index contributed by atoms with van der Waals surface area (Å²) in [5, 5.41) is 3.06. The monoisotopic (exact) mass is 307 g/mol. The molecule has 2 aliphatic rings. The quantitative estimate of drug-likeness (QED) is 0.874. The average molecular weight is 308 g/mol. The van der Waals surface area contributed by atoms with Gasteiger partial charge in [-0.2, -0.15) is 0 Å². The topological polar surface area (TPSA) is 29.1 Å². The second-order valence-corrected chi connectivity index (χ2v) is 6.45. The molecule has 3 heteroatoms. The highest BCUT2D eigenvalue weighted by Crippen LogP contribution is 2.55. The molecule has 2 atom stereocenters. The Balaban J connectivity index is 1.66. The Kier molecular flexibility index (Phi) is 3.18. The van der Waals surface area contributed by atoms with E-state index in [0.717, 1.165) is 10.2 Å². The number of halogens is 1. The molecule has 0 saturated heterocycles. The van der Waals surface area contributed by atoms with Crippen molar-refractivity contribution in [3.8, 4) is 0 Å². The smallest absolute Gasteiger partial charge is 0.228 e. The van der Waals surface area contributed by atoms with Gasteiger partial charge in [-0.15, -0.1) is 0 Å². The van der Waals surface area contributed by atoms with Crippen LogP contribution in [0.3, 0.4) is 0 Å². The normalized spacial score (nSPS) is 29.6. The van der Waals surface area contributed by atoms with Gasteiger partial charge in [-0.05, 0) is 49.3 Å². The standard InChI is InChI=1S/C15H18BrNO/c1-9-6-7-10(8-13(9)16)17-15(18)14-11-4-2-3-5-12(11)14/h6-8,11-12,14H,2-5H2,1H3,(H,17,18). The SMILES string of the molecule is Cc1ccc(NC(=O)C2C3CCCCC32)cc1Br. The van der Waals surface area contributed by atoms with E-state index in [-0.39, 0.29) is 11.8 Å². The van der Waals surface area contributed by atoms with Gasteiger partial charge < -0.3 is 5.32 Å². The third kappa shape index (κ3) is 2.20. The van der Waals surface area contributed by atoms with Crippen LogP contribution in [0.15, 0.2) is 22.7 Å². The van der Waals surface area contributed by atoms with Crippen LogP contribution >= 0.6 is 15.9 Å². The molecule has 0 radical (unpaired) electrons. The number of nitrogens with one attached hydrogen (secondary N) is 1. The average Bonchev–Trinajstić information content (AvgIpc) is 3.08. The summed E-state index contributed by atoms with van der Waals surface area (Å²) < 4.78 is 1.05. The number of amides is 1. The van der Waals surface area contributed by atoms with Crippen molar-refractivity contribution >= 4 is 27.5 Å². The zero-order valence-corrected chi connectivity index (χ0v) is 12.2. The Morgan fingerprint density at radius 2 is 1.94 bits per heavy atom. The summed E-state index contributed by atoms with van der Waals surface area (Å²) in [6.45, 7) is 2.05. The van der Waals surface area contributed by atoms with E-state index in [4.69, 9.17) is 0 Å². The third-order valence-corrected chi connectivity index (χ3v) is 5.25. The van der Waals surface area contributed by atoms with E-state index in [0.29, 0.717) is 11.8 Å². The van der Waals surface area contributed by atoms with E-state index < -0.39 is 0 Å². The lowest BCUT2D eigenvalue weighted by Crippen LogP contribution is -2.15. The molecule has 2 aliphatic carbocycles. The number of carbonyl (C=O) groups excluding carboxylic acids is 1. The van der Waals surface area contributed by atoms with Crippen molar-refractivity contribution in [1.29, 1.82) is 0 Å². The number of aryl methyl sites for hydroxylation is 1. The molecule has 0 aromatic heterocycles. The van der Waals surface area contributed by atoms with Gasteiger partial charge in [0.2, 0.25) is 5.91 Å². The number of rotatable bonds is 2. The van der Waals surface area contributed by atoms with E-state index in [9.17, 15) is 4.79 Å². The van der Waals surface area contributed by atoms with Gasteiger partial charge in [-0.3, -0.25) is 4.79 Å². The molecule has 18 heavy (non-hydrogen) atoms. The third-order valence-electron chi connectivity index (χ3n) is 4.40. The van der Waals surface area contributed by atoms with Gasteiger partial charge in [0.1, 0.15) is 0 Å². The summed E-state index contributed by atoms with van der Waals surface area (Å²) in [7, 11) is 0. The number of benzene rings is 1. The molecule has 96 valence electrons. The fraction of sp³-hybridized carbons (Fsp3) is 0.533. The molecule has 1 N–H and O–H groups in total. The van der Waals surface area contributed by atoms with Gasteiger partial charge in [0.25, 0.3) is 0 Å². The van der Waals surface area contributed by atoms with Crippen molar-refractivity contribution in [2.24, 2.45) is 17.8 Å². The molecular formula is C15H18BrNO. The van der Waals surface area contributed by atoms with E-state index in [1.807, 2.05) is 25.1 Å². The lowest BCUT2D eigenvalue weighted by atomic mass is 10.0. The first-order valence-corrected chi connectivity index (χ1v) is 7.53. The van der Waals surface area contributed by atoms with E-state index in [2.05, 4.69) is 21.2 Å². The maximum absolute atomic E-state index is 12.2. The molecule has 2 saturated carbocycles. The van der Waals surface area contributed by atoms with Crippen molar-refractivity contribution in [3.63, 3.8) is 0 Å². The Morgan fingerprint density at radius 3 is 2.56 bits per heavy atom. The molecular weight excluding hydrogens is 290 g/mol. The van der Waals surface area contributed by atoms with E-state index in [1.54, 1.807) is 0 Å². The van der Waals surface area contributed by atoms with Crippen LogP contribution in [0, 0.1) is 24.7 Å². The Hall–Kier alpha value is -0.830. The summed E-state index contributed by atoms with van der Waals surface area (Å²) in [6.07, 6.45) is 5.11. The largest absolute Gasteiger partial charge is 0.326 e. The maximum Gasteiger partial charge on any atom is 0.228 e. The van der Waals surface area contributed by atoms with Crippen molar-refractivity contribution in [2.75, 3.05) is 5.32 Å². The molecule has 0 aliphatic heterocycles. The minimum atomic E-state index is 0.225. The molecule has 0 bridgehead atoms. The van der Waals surface area contributed by atoms with Crippen LogP contribution < -0.4 is 5.32 Å². The fourth-order valence-electron chi connectivity index (χ4n) is 3.28. The fourth-order valence-corrected chi connectivity index (χ4v) is 3.66. The minimum Gasteiger partial charge on any atom is -0.326 e. The van der Waals surface area contributed by atoms with Crippen molar-refractivity contribution in [3.05, 3.63) is 28.2 Å². The van der Waals surface area contributed by atoms with E-state index >= 15 is 0 Å². The first kappa shape index (κ1) is 12.2. The summed E-state index contributed by atoms with van der Waals surface area (Å²) in [6, 6.07) is 5.99. The summed E-state index contributed by atoms with van der Waals surface area (Å²) in [5.74, 6) is 1.86. The van der Waals surface area contributed by atoms with E-state index in [1.165, 1.54) is 31.2 Å². The zero-order valence-electron chi connectivity index (χ0n) is 10.6. The highest BCUT2D eigenvalue weighted by atomic mass is 79.9. The highest BCUT2D eigenvalue weighted by molar-refractivity contribution is 9.10. The molecule has 1 amide bonds. The van der Waals surface area contributed by atoms with Gasteiger partial charge in [-0.25, -0.2) is 0 Å². The zero-order chi connectivity index (χ0) is 12.7. The van der Waals surface area contributed by atoms with Gasteiger partial charge >= 0.3 is 0 Å². The van der Waals surface area contributed by atoms with Gasteiger partial charge in [0.05, 0.1) is 0 Å². The first-order chi connectivity index (χ1) is 8.66. The Morgan fingerprint density at radius 1 is 1.28 bits per heavy atom. The van der Waals surface area contributed by atoms with Crippen LogP contribution in [-0.4, -0.2) is 5.91 Å². The van der Waals surface area contributed by atoms with Gasteiger partial charge in [-0.1, -0.05) is 34.8 Å². The molecule has 2 fully saturated rings. The van der Waals surface area contributed by atoms with Gasteiger partial charge in [0.15, 0.2) is 0 Å². The van der Waals surface area contributed by atoms with Crippen LogP contribution in [0.25, 0.3) is 0 Å². The molecule has 0 spiro atoms. The second kappa shape index (κ2) is 4.69. The van der Waals surface area contributed by atoms with Crippen LogP contribution in [0.4, 0.5) is 5.69 Å². The summed E-state index contributed by atoms with van der Waals surface area (Å²) in [4.78, 5) is 12.2. The number of hydrogen-bond donors (Lipinski definition) is 1. The van der Waals surface area contributed by atoms with Crippen molar-refractivity contribution < 1.29 is 4.79 Å². The number of fused-ring (bicyclic) bond motifs is 1. The molecule has 2 unspecified atom stereocenters. The molecule has 0 heterocycles. The number of carbonyl (C=O) groups is 1. The molecule has 1 aromatic carbocycles. The Bertz CT molecular complexity index is 473. The lowest BCUT2D eigenvalue weighted by Gasteiger charge is -2.06. The molecule has 2 nitrogen and oxygen atoms in total. The minimum absolute atomic E-state index is 0.225. The number of hydrogen-bond acceptors (Lipinski definition) is 1. The molecule has 1 aromatic rings. The first-order valence-electron chi connectivity index (χ1n) is 6.74. The Labute approximate surface area is 116 Å². The van der Waals surface area contributed by atoms with Crippen LogP contribution in [0.2, 0.25) is 0 Å². The van der Waals surface area contributed by atoms with Crippen molar-refractivity contribution in [2.45, 2.75) is 32.6 Å². The predicted octanol–water partition coefficient (Wildman–Crippen LogP) is 4.13. The van der Waals surface area contributed by atoms with Crippen LogP contribution in [0.5, 0.6) is 0 Å². The highest BCUT2D eigenvalue weighted by Gasteiger charge is 2.54. The molecule has 3 rings (SSSR count).